The fourth-order valence-corrected chi connectivity index (χ4v) is 5.26. The number of hydrogen-bond donors (Lipinski definition) is 2. The van der Waals surface area contributed by atoms with Gasteiger partial charge in [-0.2, -0.15) is 0 Å². The van der Waals surface area contributed by atoms with E-state index in [1.54, 1.807) is 6.08 Å². The number of carboxylic acids is 1. The number of aliphatic carboxylic acids is 1. The molecule has 4 nitrogen and oxygen atoms in total. The first-order valence-electron chi connectivity index (χ1n) is 10.2. The van der Waals surface area contributed by atoms with Crippen molar-refractivity contribution < 1.29 is 19.4 Å². The Morgan fingerprint density at radius 3 is 2.12 bits per heavy atom. The topological polar surface area (TPSA) is 74.6 Å². The summed E-state index contributed by atoms with van der Waals surface area (Å²) in [6, 6.07) is 0. The molecule has 0 heterocycles. The van der Waals surface area contributed by atoms with Crippen molar-refractivity contribution >= 4 is 13.3 Å². The number of unbranched alkanes of at least 4 members (excludes halogenated alkanes) is 7. The molecule has 0 aromatic rings. The van der Waals surface area contributed by atoms with Gasteiger partial charge in [0.15, 0.2) is 0 Å². The van der Waals surface area contributed by atoms with Crippen molar-refractivity contribution in [2.45, 2.75) is 90.4 Å². The molecule has 0 aliphatic heterocycles. The molecule has 2 N–H and O–H groups in total. The molecule has 146 valence electrons. The lowest BCUT2D eigenvalue weighted by molar-refractivity contribution is -0.132. The van der Waals surface area contributed by atoms with Crippen LogP contribution in [0.5, 0.6) is 0 Å². The van der Waals surface area contributed by atoms with Gasteiger partial charge in [-0.15, -0.1) is 0 Å². The Bertz CT molecular complexity index is 453. The van der Waals surface area contributed by atoms with Gasteiger partial charge in [0.2, 0.25) is 7.37 Å². The second-order valence-electron chi connectivity index (χ2n) is 7.60. The van der Waals surface area contributed by atoms with Crippen LogP contribution in [0.1, 0.15) is 90.4 Å². The summed E-state index contributed by atoms with van der Waals surface area (Å²) in [6.07, 6.45) is 16.4. The molecule has 1 saturated carbocycles. The van der Waals surface area contributed by atoms with Crippen LogP contribution in [0.25, 0.3) is 0 Å². The highest BCUT2D eigenvalue weighted by atomic mass is 31.2. The quantitative estimate of drug-likeness (QED) is 0.237. The molecule has 1 aliphatic carbocycles. The zero-order valence-corrected chi connectivity index (χ0v) is 16.8. The molecule has 0 radical (unpaired) electrons. The third-order valence-corrected chi connectivity index (χ3v) is 6.99. The second-order valence-corrected chi connectivity index (χ2v) is 10.1. The van der Waals surface area contributed by atoms with E-state index in [0.717, 1.165) is 44.9 Å². The van der Waals surface area contributed by atoms with Gasteiger partial charge in [0.25, 0.3) is 0 Å². The average Bonchev–Trinajstić information content (AvgIpc) is 2.57. The normalized spacial score (nSPS) is 18.9. The summed E-state index contributed by atoms with van der Waals surface area (Å²) in [4.78, 5) is 21.6. The van der Waals surface area contributed by atoms with Crippen LogP contribution < -0.4 is 0 Å². The lowest BCUT2D eigenvalue weighted by Gasteiger charge is -2.19. The standard InChI is InChI=1S/C20H37O4P/c1-2-3-4-5-6-7-8-12-15-25(23,24)17-19(20(21)22)16-18-13-10-9-11-14-18/h16,18H,2-15,17H2,1H3,(H,21,22)(H,23,24)/b19-16+. The fourth-order valence-electron chi connectivity index (χ4n) is 3.61. The van der Waals surface area contributed by atoms with Gasteiger partial charge in [0.05, 0.1) is 6.16 Å². The first-order chi connectivity index (χ1) is 11.9. The fraction of sp³-hybridized carbons (Fsp3) is 0.850. The molecule has 1 unspecified atom stereocenters. The van der Waals surface area contributed by atoms with Gasteiger partial charge in [0, 0.05) is 11.7 Å². The van der Waals surface area contributed by atoms with Crippen molar-refractivity contribution in [3.63, 3.8) is 0 Å². The number of carbonyl (C=O) groups is 1. The maximum absolute atomic E-state index is 12.4. The van der Waals surface area contributed by atoms with E-state index in [0.29, 0.717) is 0 Å². The van der Waals surface area contributed by atoms with Gasteiger partial charge < -0.3 is 10.00 Å². The molecule has 0 spiro atoms. The predicted octanol–water partition coefficient (Wildman–Crippen LogP) is 5.99. The Morgan fingerprint density at radius 2 is 1.56 bits per heavy atom. The van der Waals surface area contributed by atoms with Gasteiger partial charge in [-0.25, -0.2) is 4.79 Å². The molecule has 25 heavy (non-hydrogen) atoms. The maximum atomic E-state index is 12.4. The summed E-state index contributed by atoms with van der Waals surface area (Å²) in [6.45, 7) is 2.20. The van der Waals surface area contributed by atoms with Crippen molar-refractivity contribution in [2.24, 2.45) is 5.92 Å². The zero-order valence-electron chi connectivity index (χ0n) is 15.9. The summed E-state index contributed by atoms with van der Waals surface area (Å²) >= 11 is 0. The third kappa shape index (κ3) is 10.9. The Hall–Kier alpha value is -0.600. The van der Waals surface area contributed by atoms with Crippen LogP contribution in [0.4, 0.5) is 0 Å². The Labute approximate surface area is 153 Å². The summed E-state index contributed by atoms with van der Waals surface area (Å²) in [5.74, 6) is -0.765. The van der Waals surface area contributed by atoms with Gasteiger partial charge in [-0.1, -0.05) is 77.2 Å². The Kier molecular flexibility index (Phi) is 11.4. The van der Waals surface area contributed by atoms with Gasteiger partial charge in [-0.05, 0) is 25.2 Å². The Balaban J connectivity index is 2.33. The lowest BCUT2D eigenvalue weighted by Crippen LogP contribution is -2.12. The molecule has 5 heteroatoms. The lowest BCUT2D eigenvalue weighted by atomic mass is 9.88. The van der Waals surface area contributed by atoms with E-state index in [4.69, 9.17) is 0 Å². The Morgan fingerprint density at radius 1 is 1.00 bits per heavy atom. The molecule has 0 amide bonds. The molecule has 1 rings (SSSR count). The highest BCUT2D eigenvalue weighted by Gasteiger charge is 2.24. The minimum absolute atomic E-state index is 0.150. The van der Waals surface area contributed by atoms with Crippen molar-refractivity contribution in [2.75, 3.05) is 12.3 Å². The monoisotopic (exact) mass is 372 g/mol. The third-order valence-electron chi connectivity index (χ3n) is 5.14. The molecule has 0 aromatic heterocycles. The van der Waals surface area contributed by atoms with Crippen LogP contribution in [0.2, 0.25) is 0 Å². The molecule has 0 aromatic carbocycles. The zero-order chi connectivity index (χ0) is 18.5. The smallest absolute Gasteiger partial charge is 0.331 e. The van der Waals surface area contributed by atoms with Crippen LogP contribution in [-0.2, 0) is 9.36 Å². The molecular weight excluding hydrogens is 335 g/mol. The number of allylic oxidation sites excluding steroid dienone is 1. The van der Waals surface area contributed by atoms with E-state index in [9.17, 15) is 19.4 Å². The maximum Gasteiger partial charge on any atom is 0.331 e. The highest BCUT2D eigenvalue weighted by molar-refractivity contribution is 7.58. The van der Waals surface area contributed by atoms with Gasteiger partial charge in [0.1, 0.15) is 0 Å². The van der Waals surface area contributed by atoms with E-state index in [1.807, 2.05) is 0 Å². The van der Waals surface area contributed by atoms with E-state index in [-0.39, 0.29) is 23.8 Å². The molecule has 1 fully saturated rings. The van der Waals surface area contributed by atoms with Gasteiger partial charge in [-0.3, -0.25) is 4.57 Å². The second kappa shape index (κ2) is 12.7. The number of rotatable bonds is 13. The summed E-state index contributed by atoms with van der Waals surface area (Å²) in [7, 11) is -3.39. The number of hydrogen-bond acceptors (Lipinski definition) is 2. The first kappa shape index (κ1) is 22.4. The van der Waals surface area contributed by atoms with Crippen molar-refractivity contribution in [1.29, 1.82) is 0 Å². The molecule has 0 saturated heterocycles. The highest BCUT2D eigenvalue weighted by Crippen LogP contribution is 2.44. The van der Waals surface area contributed by atoms with Crippen molar-refractivity contribution in [1.82, 2.24) is 0 Å². The van der Waals surface area contributed by atoms with E-state index >= 15 is 0 Å². The minimum atomic E-state index is -3.39. The van der Waals surface area contributed by atoms with E-state index in [2.05, 4.69) is 6.92 Å². The molecular formula is C20H37O4P. The molecule has 0 bridgehead atoms. The van der Waals surface area contributed by atoms with Crippen LogP contribution >= 0.6 is 7.37 Å². The summed E-state index contributed by atoms with van der Waals surface area (Å²) < 4.78 is 12.4. The van der Waals surface area contributed by atoms with Crippen molar-refractivity contribution in [3.05, 3.63) is 11.6 Å². The van der Waals surface area contributed by atoms with Crippen LogP contribution in [0.15, 0.2) is 11.6 Å². The van der Waals surface area contributed by atoms with Gasteiger partial charge >= 0.3 is 5.97 Å². The predicted molar refractivity (Wildman–Crippen MR) is 104 cm³/mol. The summed E-state index contributed by atoms with van der Waals surface area (Å²) in [5.41, 5.74) is 0.150. The van der Waals surface area contributed by atoms with Crippen LogP contribution in [0, 0.1) is 5.92 Å². The molecule has 1 atom stereocenters. The largest absolute Gasteiger partial charge is 0.478 e. The SMILES string of the molecule is CCCCCCCCCCP(=O)(O)C/C(=C\C1CCCCC1)C(=O)O. The molecule has 1 aliphatic rings. The van der Waals surface area contributed by atoms with Crippen LogP contribution in [0.3, 0.4) is 0 Å². The minimum Gasteiger partial charge on any atom is -0.478 e. The number of carboxylic acid groups (broad SMARTS) is 1. The van der Waals surface area contributed by atoms with E-state index in [1.165, 1.54) is 38.5 Å². The average molecular weight is 372 g/mol. The van der Waals surface area contributed by atoms with Crippen molar-refractivity contribution in [3.8, 4) is 0 Å². The summed E-state index contributed by atoms with van der Waals surface area (Å²) in [5, 5.41) is 9.38. The van der Waals surface area contributed by atoms with Crippen LogP contribution in [-0.4, -0.2) is 28.3 Å². The first-order valence-corrected chi connectivity index (χ1v) is 12.2. The van der Waals surface area contributed by atoms with E-state index < -0.39 is 13.3 Å².